The second kappa shape index (κ2) is 4.89. The highest BCUT2D eigenvalue weighted by atomic mass is 16.2. The molecule has 102 valence electrons. The summed E-state index contributed by atoms with van der Waals surface area (Å²) in [6.07, 6.45) is 0.131. The van der Waals surface area contributed by atoms with Gasteiger partial charge in [0.05, 0.1) is 23.6 Å². The number of Topliss-reactive ketones (excluding diaryl/α,β-unsaturated/α-hetero) is 1. The summed E-state index contributed by atoms with van der Waals surface area (Å²) >= 11 is 0. The second-order valence-corrected chi connectivity index (χ2v) is 5.46. The molecule has 5 nitrogen and oxygen atoms in total. The van der Waals surface area contributed by atoms with Crippen LogP contribution in [-0.2, 0) is 9.59 Å². The minimum absolute atomic E-state index is 0.131. The summed E-state index contributed by atoms with van der Waals surface area (Å²) in [5.41, 5.74) is 0.104. The third-order valence-corrected chi connectivity index (χ3v) is 3.36. The van der Waals surface area contributed by atoms with Crippen LogP contribution in [0.2, 0.25) is 0 Å². The number of ketones is 1. The van der Waals surface area contributed by atoms with Crippen LogP contribution < -0.4 is 0 Å². The van der Waals surface area contributed by atoms with E-state index in [1.54, 1.807) is 13.8 Å². The van der Waals surface area contributed by atoms with Crippen LogP contribution in [0.1, 0.15) is 36.2 Å². The largest absolute Gasteiger partial charge is 0.292 e. The van der Waals surface area contributed by atoms with Crippen molar-refractivity contribution in [2.75, 3.05) is 6.54 Å². The number of carbonyl (C=O) groups is 3. The molecule has 0 bridgehead atoms. The van der Waals surface area contributed by atoms with E-state index in [-0.39, 0.29) is 30.6 Å². The third kappa shape index (κ3) is 2.45. The van der Waals surface area contributed by atoms with E-state index < -0.39 is 5.41 Å². The predicted octanol–water partition coefficient (Wildman–Crippen LogP) is 1.53. The number of likely N-dealkylation sites (tertiary alicyclic amines) is 1. The lowest BCUT2D eigenvalue weighted by Crippen LogP contribution is -2.37. The van der Waals surface area contributed by atoms with Crippen LogP contribution in [0.4, 0.5) is 0 Å². The van der Waals surface area contributed by atoms with Crippen LogP contribution in [0.3, 0.4) is 0 Å². The number of carbonyl (C=O) groups excluding carboxylic acids is 3. The summed E-state index contributed by atoms with van der Waals surface area (Å²) < 4.78 is 0. The van der Waals surface area contributed by atoms with Gasteiger partial charge in [0.2, 0.25) is 11.8 Å². The molecule has 2 rings (SSSR count). The van der Waals surface area contributed by atoms with Gasteiger partial charge < -0.3 is 0 Å². The van der Waals surface area contributed by atoms with Crippen molar-refractivity contribution >= 4 is 17.6 Å². The first kappa shape index (κ1) is 13.9. The molecule has 0 unspecified atom stereocenters. The van der Waals surface area contributed by atoms with Gasteiger partial charge in [0.25, 0.3) is 0 Å². The average Bonchev–Trinajstić information content (AvgIpc) is 2.61. The summed E-state index contributed by atoms with van der Waals surface area (Å²) in [5, 5.41) is 8.69. The molecule has 0 N–H and O–H groups in total. The van der Waals surface area contributed by atoms with Crippen LogP contribution in [0.5, 0.6) is 0 Å². The fourth-order valence-corrected chi connectivity index (χ4v) is 2.15. The quantitative estimate of drug-likeness (QED) is 0.616. The van der Waals surface area contributed by atoms with Crippen LogP contribution in [0.15, 0.2) is 24.3 Å². The number of nitrogens with zero attached hydrogens (tertiary/aromatic N) is 2. The number of rotatable bonds is 3. The molecule has 5 heteroatoms. The maximum Gasteiger partial charge on any atom is 0.235 e. The average molecular weight is 270 g/mol. The zero-order valence-electron chi connectivity index (χ0n) is 11.3. The lowest BCUT2D eigenvalue weighted by atomic mass is 9.92. The van der Waals surface area contributed by atoms with Crippen molar-refractivity contribution in [1.29, 1.82) is 5.26 Å². The van der Waals surface area contributed by atoms with Crippen LogP contribution in [0.25, 0.3) is 0 Å². The lowest BCUT2D eigenvalue weighted by Gasteiger charge is -2.17. The Hall–Kier alpha value is -2.48. The molecule has 0 radical (unpaired) electrons. The fraction of sp³-hybridized carbons (Fsp3) is 0.333. The first-order valence-electron chi connectivity index (χ1n) is 6.23. The van der Waals surface area contributed by atoms with Gasteiger partial charge in [-0.05, 0) is 12.1 Å². The van der Waals surface area contributed by atoms with Crippen molar-refractivity contribution in [2.24, 2.45) is 5.41 Å². The Morgan fingerprint density at radius 1 is 1.30 bits per heavy atom. The maximum atomic E-state index is 12.1. The molecule has 2 amide bonds. The molecular weight excluding hydrogens is 256 g/mol. The molecule has 1 fully saturated rings. The van der Waals surface area contributed by atoms with Gasteiger partial charge in [-0.15, -0.1) is 0 Å². The number of amides is 2. The topological polar surface area (TPSA) is 78.2 Å². The first-order valence-corrected chi connectivity index (χ1v) is 6.23. The SMILES string of the molecule is CC1(C)CC(=O)N(CC(=O)c2ccc(C#N)cc2)C1=O. The molecule has 0 aliphatic carbocycles. The number of nitriles is 1. The van der Waals surface area contributed by atoms with Crippen LogP contribution >= 0.6 is 0 Å². The molecule has 0 atom stereocenters. The highest BCUT2D eigenvalue weighted by Gasteiger charge is 2.45. The zero-order valence-corrected chi connectivity index (χ0v) is 11.3. The second-order valence-electron chi connectivity index (χ2n) is 5.46. The van der Waals surface area contributed by atoms with Gasteiger partial charge >= 0.3 is 0 Å². The van der Waals surface area contributed by atoms with Gasteiger partial charge in [0.15, 0.2) is 5.78 Å². The van der Waals surface area contributed by atoms with E-state index >= 15 is 0 Å². The van der Waals surface area contributed by atoms with Crippen LogP contribution in [-0.4, -0.2) is 29.0 Å². The van der Waals surface area contributed by atoms with E-state index in [1.807, 2.05) is 6.07 Å². The van der Waals surface area contributed by atoms with Gasteiger partial charge in [-0.2, -0.15) is 5.26 Å². The standard InChI is InChI=1S/C15H14N2O3/c1-15(2)7-13(19)17(14(15)20)9-12(18)11-5-3-10(8-16)4-6-11/h3-6H,7,9H2,1-2H3. The molecule has 0 aromatic heterocycles. The van der Waals surface area contributed by atoms with E-state index in [4.69, 9.17) is 5.26 Å². The van der Waals surface area contributed by atoms with Crippen molar-refractivity contribution in [1.82, 2.24) is 4.90 Å². The van der Waals surface area contributed by atoms with Gasteiger partial charge in [0, 0.05) is 12.0 Å². The highest BCUT2D eigenvalue weighted by Crippen LogP contribution is 2.31. The van der Waals surface area contributed by atoms with Crippen LogP contribution in [0, 0.1) is 16.7 Å². The summed E-state index contributed by atoms with van der Waals surface area (Å²) in [7, 11) is 0. The molecule has 1 heterocycles. The van der Waals surface area contributed by atoms with E-state index in [1.165, 1.54) is 24.3 Å². The maximum absolute atomic E-state index is 12.1. The Balaban J connectivity index is 2.14. The van der Waals surface area contributed by atoms with E-state index in [2.05, 4.69) is 0 Å². The van der Waals surface area contributed by atoms with Gasteiger partial charge in [-0.3, -0.25) is 19.3 Å². The summed E-state index contributed by atoms with van der Waals surface area (Å²) in [6.45, 7) is 3.14. The van der Waals surface area contributed by atoms with Crippen molar-refractivity contribution < 1.29 is 14.4 Å². The van der Waals surface area contributed by atoms with E-state index in [0.717, 1.165) is 4.90 Å². The Bertz CT molecular complexity index is 624. The molecular formula is C15H14N2O3. The number of hydrogen-bond donors (Lipinski definition) is 0. The summed E-state index contributed by atoms with van der Waals surface area (Å²) in [6, 6.07) is 8.08. The van der Waals surface area contributed by atoms with Crippen molar-refractivity contribution in [3.05, 3.63) is 35.4 Å². The molecule has 1 aromatic carbocycles. The Kier molecular flexibility index (Phi) is 3.41. The third-order valence-electron chi connectivity index (χ3n) is 3.36. The van der Waals surface area contributed by atoms with Crippen molar-refractivity contribution in [3.63, 3.8) is 0 Å². The molecule has 1 aliphatic heterocycles. The number of hydrogen-bond acceptors (Lipinski definition) is 4. The molecule has 0 saturated carbocycles. The first-order chi connectivity index (χ1) is 9.35. The highest BCUT2D eigenvalue weighted by molar-refractivity contribution is 6.10. The summed E-state index contributed by atoms with van der Waals surface area (Å²) in [5.74, 6) is -0.944. The van der Waals surface area contributed by atoms with Gasteiger partial charge in [-0.1, -0.05) is 26.0 Å². The molecule has 1 aliphatic rings. The molecule has 1 saturated heterocycles. The van der Waals surface area contributed by atoms with Gasteiger partial charge in [0.1, 0.15) is 0 Å². The molecule has 1 aromatic rings. The molecule has 0 spiro atoms. The Morgan fingerprint density at radius 3 is 2.35 bits per heavy atom. The Labute approximate surface area is 116 Å². The van der Waals surface area contributed by atoms with Gasteiger partial charge in [-0.25, -0.2) is 0 Å². The Morgan fingerprint density at radius 2 is 1.90 bits per heavy atom. The van der Waals surface area contributed by atoms with E-state index in [9.17, 15) is 14.4 Å². The lowest BCUT2D eigenvalue weighted by molar-refractivity contribution is -0.140. The van der Waals surface area contributed by atoms with Crippen molar-refractivity contribution in [3.8, 4) is 6.07 Å². The number of benzene rings is 1. The smallest absolute Gasteiger partial charge is 0.235 e. The predicted molar refractivity (Wildman–Crippen MR) is 70.6 cm³/mol. The minimum Gasteiger partial charge on any atom is -0.292 e. The fourth-order valence-electron chi connectivity index (χ4n) is 2.15. The minimum atomic E-state index is -0.734. The molecule has 20 heavy (non-hydrogen) atoms. The normalized spacial score (nSPS) is 17.1. The van der Waals surface area contributed by atoms with Crippen molar-refractivity contribution in [2.45, 2.75) is 20.3 Å². The number of imide groups is 1. The monoisotopic (exact) mass is 270 g/mol. The zero-order chi connectivity index (χ0) is 14.9. The summed E-state index contributed by atoms with van der Waals surface area (Å²) in [4.78, 5) is 36.9. The van der Waals surface area contributed by atoms with E-state index in [0.29, 0.717) is 11.1 Å².